The quantitative estimate of drug-likeness (QED) is 0.282. The lowest BCUT2D eigenvalue weighted by molar-refractivity contribution is -0.132. The molecule has 98 valence electrons. The van der Waals surface area contributed by atoms with E-state index in [9.17, 15) is 4.79 Å². The van der Waals surface area contributed by atoms with Crippen LogP contribution in [0.2, 0.25) is 0 Å². The highest BCUT2D eigenvalue weighted by atomic mass is 16.4. The first-order valence-electron chi connectivity index (χ1n) is 4.74. The molecule has 5 atom stereocenters. The Labute approximate surface area is 93.6 Å². The number of aliphatic hydroxyl groups excluding tert-OH is 6. The molecule has 0 aromatic rings. The van der Waals surface area contributed by atoms with E-state index in [2.05, 4.69) is 0 Å². The largest absolute Gasteiger partial charge is 0.394 e. The Morgan fingerprint density at radius 2 is 1.38 bits per heavy atom. The second kappa shape index (κ2) is 9.64. The highest BCUT2D eigenvalue weighted by molar-refractivity contribution is 5.56. The molecule has 0 aromatic carbocycles. The number of carbonyl (C=O) groups is 1. The summed E-state index contributed by atoms with van der Waals surface area (Å²) in [5, 5.41) is 51.1. The average molecular weight is 240 g/mol. The van der Waals surface area contributed by atoms with Crippen molar-refractivity contribution in [1.29, 1.82) is 0 Å². The van der Waals surface area contributed by atoms with Gasteiger partial charge in [-0.2, -0.15) is 0 Å². The van der Waals surface area contributed by atoms with Gasteiger partial charge in [-0.05, 0) is 13.8 Å². The summed E-state index contributed by atoms with van der Waals surface area (Å²) in [5.41, 5.74) is 0. The van der Waals surface area contributed by atoms with E-state index < -0.39 is 30.5 Å². The van der Waals surface area contributed by atoms with E-state index in [4.69, 9.17) is 30.6 Å². The van der Waals surface area contributed by atoms with Gasteiger partial charge in [0.25, 0.3) is 0 Å². The van der Waals surface area contributed by atoms with Crippen molar-refractivity contribution in [1.82, 2.24) is 0 Å². The Bertz CT molecular complexity index is 171. The third-order valence-corrected chi connectivity index (χ3v) is 1.60. The molecule has 0 spiro atoms. The van der Waals surface area contributed by atoms with E-state index >= 15 is 0 Å². The van der Waals surface area contributed by atoms with Crippen LogP contribution in [0.15, 0.2) is 0 Å². The van der Waals surface area contributed by atoms with E-state index in [1.54, 1.807) is 0 Å². The topological polar surface area (TPSA) is 138 Å². The minimum atomic E-state index is -1.65. The van der Waals surface area contributed by atoms with E-state index in [0.29, 0.717) is 0 Å². The summed E-state index contributed by atoms with van der Waals surface area (Å²) in [4.78, 5) is 9.87. The Kier molecular flexibility index (Phi) is 10.7. The van der Waals surface area contributed by atoms with Crippen molar-refractivity contribution in [2.24, 2.45) is 0 Å². The first-order valence-corrected chi connectivity index (χ1v) is 4.74. The first-order chi connectivity index (χ1) is 7.27. The SMILES string of the molecule is CC(O)CO.C[C@H](O)[C@H](O)[C@@H](O)[C@@H](O)C=O. The van der Waals surface area contributed by atoms with Crippen LogP contribution >= 0.6 is 0 Å². The third kappa shape index (κ3) is 8.72. The number of aliphatic hydroxyl groups is 6. The zero-order valence-electron chi connectivity index (χ0n) is 9.26. The molecule has 0 saturated heterocycles. The first kappa shape index (κ1) is 17.8. The van der Waals surface area contributed by atoms with Crippen LogP contribution in [-0.4, -0.2) is 74.1 Å². The lowest BCUT2D eigenvalue weighted by Crippen LogP contribution is -2.43. The number of hydrogen-bond acceptors (Lipinski definition) is 7. The fourth-order valence-corrected chi connectivity index (χ4v) is 0.568. The molecule has 0 aliphatic carbocycles. The van der Waals surface area contributed by atoms with Gasteiger partial charge in [0.15, 0.2) is 6.29 Å². The fraction of sp³-hybridized carbons (Fsp3) is 0.889. The Morgan fingerprint density at radius 3 is 1.56 bits per heavy atom. The molecule has 0 aromatic heterocycles. The van der Waals surface area contributed by atoms with Gasteiger partial charge in [0.05, 0.1) is 18.8 Å². The molecule has 7 heteroatoms. The summed E-state index contributed by atoms with van der Waals surface area (Å²) >= 11 is 0. The van der Waals surface area contributed by atoms with Crippen molar-refractivity contribution in [2.75, 3.05) is 6.61 Å². The van der Waals surface area contributed by atoms with Crippen LogP contribution in [0.5, 0.6) is 0 Å². The number of hydrogen-bond donors (Lipinski definition) is 6. The van der Waals surface area contributed by atoms with Crippen LogP contribution < -0.4 is 0 Å². The van der Waals surface area contributed by atoms with E-state index in [1.165, 1.54) is 13.8 Å². The lowest BCUT2D eigenvalue weighted by atomic mass is 10.1. The van der Waals surface area contributed by atoms with Gasteiger partial charge in [-0.1, -0.05) is 0 Å². The van der Waals surface area contributed by atoms with Crippen LogP contribution in [-0.2, 0) is 4.79 Å². The van der Waals surface area contributed by atoms with E-state index in [-0.39, 0.29) is 12.9 Å². The summed E-state index contributed by atoms with van der Waals surface area (Å²) in [6.07, 6.45) is -6.44. The molecule has 0 aliphatic heterocycles. The Hall–Kier alpha value is -0.570. The van der Waals surface area contributed by atoms with Gasteiger partial charge in [0, 0.05) is 0 Å². The van der Waals surface area contributed by atoms with Gasteiger partial charge < -0.3 is 35.4 Å². The predicted octanol–water partition coefficient (Wildman–Crippen LogP) is -2.99. The normalized spacial score (nSPS) is 19.8. The van der Waals surface area contributed by atoms with Crippen molar-refractivity contribution in [3.05, 3.63) is 0 Å². The maximum atomic E-state index is 9.87. The summed E-state index contributed by atoms with van der Waals surface area (Å²) in [6, 6.07) is 0. The van der Waals surface area contributed by atoms with Gasteiger partial charge in [0.1, 0.15) is 18.3 Å². The monoisotopic (exact) mass is 240 g/mol. The minimum absolute atomic E-state index is 0.0935. The number of rotatable bonds is 5. The maximum Gasteiger partial charge on any atom is 0.151 e. The molecule has 0 aliphatic rings. The smallest absolute Gasteiger partial charge is 0.151 e. The molecule has 1 unspecified atom stereocenters. The van der Waals surface area contributed by atoms with Gasteiger partial charge in [-0.15, -0.1) is 0 Å². The zero-order valence-corrected chi connectivity index (χ0v) is 9.26. The van der Waals surface area contributed by atoms with Gasteiger partial charge in [-0.3, -0.25) is 0 Å². The van der Waals surface area contributed by atoms with Crippen LogP contribution in [0.4, 0.5) is 0 Å². The minimum Gasteiger partial charge on any atom is -0.394 e. The van der Waals surface area contributed by atoms with E-state index in [0.717, 1.165) is 0 Å². The van der Waals surface area contributed by atoms with Gasteiger partial charge >= 0.3 is 0 Å². The van der Waals surface area contributed by atoms with Crippen molar-refractivity contribution in [3.8, 4) is 0 Å². The molecule has 0 heterocycles. The summed E-state index contributed by atoms with van der Waals surface area (Å²) < 4.78 is 0. The van der Waals surface area contributed by atoms with Crippen LogP contribution in [0.1, 0.15) is 13.8 Å². The molecule has 0 radical (unpaired) electrons. The highest BCUT2D eigenvalue weighted by Gasteiger charge is 2.27. The molecule has 0 amide bonds. The van der Waals surface area contributed by atoms with E-state index in [1.807, 2.05) is 0 Å². The van der Waals surface area contributed by atoms with Crippen LogP contribution in [0.3, 0.4) is 0 Å². The maximum absolute atomic E-state index is 9.87. The van der Waals surface area contributed by atoms with Gasteiger partial charge in [0.2, 0.25) is 0 Å². The third-order valence-electron chi connectivity index (χ3n) is 1.60. The van der Waals surface area contributed by atoms with Gasteiger partial charge in [-0.25, -0.2) is 0 Å². The molecular formula is C9H20O7. The number of aldehydes is 1. The average Bonchev–Trinajstić information content (AvgIpc) is 2.26. The fourth-order valence-electron chi connectivity index (χ4n) is 0.568. The van der Waals surface area contributed by atoms with Crippen LogP contribution in [0, 0.1) is 0 Å². The van der Waals surface area contributed by atoms with Crippen molar-refractivity contribution < 1.29 is 35.4 Å². The molecule has 6 N–H and O–H groups in total. The summed E-state index contributed by atoms with van der Waals surface area (Å²) in [6.45, 7) is 2.63. The second-order valence-electron chi connectivity index (χ2n) is 3.38. The summed E-state index contributed by atoms with van der Waals surface area (Å²) in [5.74, 6) is 0. The molecule has 7 nitrogen and oxygen atoms in total. The molecule has 0 saturated carbocycles. The second-order valence-corrected chi connectivity index (χ2v) is 3.38. The van der Waals surface area contributed by atoms with Crippen LogP contribution in [0.25, 0.3) is 0 Å². The van der Waals surface area contributed by atoms with Crippen molar-refractivity contribution in [3.63, 3.8) is 0 Å². The predicted molar refractivity (Wildman–Crippen MR) is 54.5 cm³/mol. The molecule has 0 fully saturated rings. The highest BCUT2D eigenvalue weighted by Crippen LogP contribution is 2.02. The lowest BCUT2D eigenvalue weighted by Gasteiger charge is -2.21. The molecular weight excluding hydrogens is 220 g/mol. The molecule has 0 rings (SSSR count). The number of carbonyl (C=O) groups excluding carboxylic acids is 1. The molecule has 0 bridgehead atoms. The summed E-state index contributed by atoms with van der Waals surface area (Å²) in [7, 11) is 0. The van der Waals surface area contributed by atoms with Crippen molar-refractivity contribution in [2.45, 2.75) is 44.4 Å². The Morgan fingerprint density at radius 1 is 1.00 bits per heavy atom. The zero-order chi connectivity index (χ0) is 13.3. The standard InChI is InChI=1S/C6H12O5.C3H8O2/c1-3(8)5(10)6(11)4(9)2-7;1-3(5)2-4/h2-6,8-11H,1H3;3-5H,2H2,1H3/t3-,4-,5-,6-;/m0./s1. The molecule has 16 heavy (non-hydrogen) atoms. The van der Waals surface area contributed by atoms with Crippen molar-refractivity contribution >= 4 is 6.29 Å². The Balaban J connectivity index is 0.